The lowest BCUT2D eigenvalue weighted by molar-refractivity contribution is 0.927. The van der Waals surface area contributed by atoms with Gasteiger partial charge >= 0.3 is 0 Å². The highest BCUT2D eigenvalue weighted by molar-refractivity contribution is 9.10. The molecule has 0 saturated heterocycles. The van der Waals surface area contributed by atoms with E-state index in [0.717, 1.165) is 14.7 Å². The van der Waals surface area contributed by atoms with E-state index in [2.05, 4.69) is 20.9 Å². The first-order chi connectivity index (χ1) is 9.16. The van der Waals surface area contributed by atoms with E-state index in [1.54, 1.807) is 12.1 Å². The zero-order valence-electron chi connectivity index (χ0n) is 9.88. The van der Waals surface area contributed by atoms with Crippen molar-refractivity contribution in [1.29, 1.82) is 0 Å². The fourth-order valence-electron chi connectivity index (χ4n) is 1.96. The summed E-state index contributed by atoms with van der Waals surface area (Å²) in [5.41, 5.74) is 1.19. The standard InChI is InChI=1S/C14H10BrN3O/c15-10-6-7-12-11(8-10)14(19)18(16)13(17-12)9-4-2-1-3-5-9/h1-8H,16H2. The number of aromatic nitrogens is 2. The van der Waals surface area contributed by atoms with Crippen LogP contribution in [0.1, 0.15) is 0 Å². The van der Waals surface area contributed by atoms with Crippen LogP contribution in [0.25, 0.3) is 22.3 Å². The lowest BCUT2D eigenvalue weighted by atomic mass is 10.2. The molecule has 0 radical (unpaired) electrons. The van der Waals surface area contributed by atoms with Crippen LogP contribution in [0.5, 0.6) is 0 Å². The molecule has 3 aromatic rings. The second-order valence-corrected chi connectivity index (χ2v) is 5.05. The van der Waals surface area contributed by atoms with Gasteiger partial charge in [0.15, 0.2) is 5.82 Å². The Hall–Kier alpha value is -2.14. The van der Waals surface area contributed by atoms with Crippen molar-refractivity contribution in [2.45, 2.75) is 0 Å². The summed E-state index contributed by atoms with van der Waals surface area (Å²) in [4.78, 5) is 16.7. The summed E-state index contributed by atoms with van der Waals surface area (Å²) in [6.45, 7) is 0. The quantitative estimate of drug-likeness (QED) is 0.702. The Kier molecular flexibility index (Phi) is 2.83. The number of rotatable bonds is 1. The summed E-state index contributed by atoms with van der Waals surface area (Å²) in [5, 5.41) is 0.497. The molecule has 0 spiro atoms. The molecule has 0 aliphatic rings. The molecule has 0 saturated carbocycles. The second kappa shape index (κ2) is 4.51. The van der Waals surface area contributed by atoms with Crippen LogP contribution in [0.2, 0.25) is 0 Å². The molecule has 0 bridgehead atoms. The molecule has 2 aromatic carbocycles. The van der Waals surface area contributed by atoms with Crippen molar-refractivity contribution >= 4 is 26.8 Å². The number of benzene rings is 2. The molecule has 19 heavy (non-hydrogen) atoms. The van der Waals surface area contributed by atoms with E-state index in [0.29, 0.717) is 16.7 Å². The van der Waals surface area contributed by atoms with Gasteiger partial charge in [-0.05, 0) is 18.2 Å². The van der Waals surface area contributed by atoms with E-state index in [-0.39, 0.29) is 5.56 Å². The van der Waals surface area contributed by atoms with Crippen LogP contribution in [0, 0.1) is 0 Å². The number of nitrogens with zero attached hydrogens (tertiary/aromatic N) is 2. The molecule has 2 N–H and O–H groups in total. The third-order valence-electron chi connectivity index (χ3n) is 2.89. The average Bonchev–Trinajstić information content (AvgIpc) is 2.44. The van der Waals surface area contributed by atoms with Gasteiger partial charge in [0.25, 0.3) is 5.56 Å². The van der Waals surface area contributed by atoms with Crippen LogP contribution in [-0.4, -0.2) is 9.66 Å². The van der Waals surface area contributed by atoms with Crippen molar-refractivity contribution in [2.24, 2.45) is 0 Å². The Morgan fingerprint density at radius 1 is 1.11 bits per heavy atom. The summed E-state index contributed by atoms with van der Waals surface area (Å²) in [6.07, 6.45) is 0. The molecule has 4 nitrogen and oxygen atoms in total. The highest BCUT2D eigenvalue weighted by Crippen LogP contribution is 2.19. The monoisotopic (exact) mass is 315 g/mol. The largest absolute Gasteiger partial charge is 0.334 e. The molecular formula is C14H10BrN3O. The topological polar surface area (TPSA) is 60.9 Å². The van der Waals surface area contributed by atoms with Gasteiger partial charge in [-0.1, -0.05) is 46.3 Å². The summed E-state index contributed by atoms with van der Waals surface area (Å²) in [7, 11) is 0. The van der Waals surface area contributed by atoms with Gasteiger partial charge in [-0.2, -0.15) is 0 Å². The summed E-state index contributed by atoms with van der Waals surface area (Å²) in [5.74, 6) is 6.32. The van der Waals surface area contributed by atoms with E-state index < -0.39 is 0 Å². The van der Waals surface area contributed by atoms with Gasteiger partial charge in [-0.3, -0.25) is 4.79 Å². The molecule has 1 heterocycles. The summed E-state index contributed by atoms with van der Waals surface area (Å²) >= 11 is 3.34. The molecule has 0 unspecified atom stereocenters. The second-order valence-electron chi connectivity index (χ2n) is 4.14. The van der Waals surface area contributed by atoms with E-state index >= 15 is 0 Å². The molecule has 0 amide bonds. The Balaban J connectivity index is 2.37. The minimum absolute atomic E-state index is 0.259. The Morgan fingerprint density at radius 2 is 1.84 bits per heavy atom. The number of fused-ring (bicyclic) bond motifs is 1. The maximum Gasteiger partial charge on any atom is 0.280 e. The molecular weight excluding hydrogens is 306 g/mol. The van der Waals surface area contributed by atoms with Crippen LogP contribution in [0.3, 0.4) is 0 Å². The molecule has 0 atom stereocenters. The van der Waals surface area contributed by atoms with Crippen molar-refractivity contribution in [3.63, 3.8) is 0 Å². The van der Waals surface area contributed by atoms with Gasteiger partial charge in [0, 0.05) is 10.0 Å². The third kappa shape index (κ3) is 2.02. The fourth-order valence-corrected chi connectivity index (χ4v) is 2.32. The fraction of sp³-hybridized carbons (Fsp3) is 0. The molecule has 0 aliphatic carbocycles. The number of nitrogens with two attached hydrogens (primary N) is 1. The Bertz CT molecular complexity index is 812. The maximum absolute atomic E-state index is 12.3. The van der Waals surface area contributed by atoms with Crippen LogP contribution < -0.4 is 11.4 Å². The predicted octanol–water partition coefficient (Wildman–Crippen LogP) is 2.54. The van der Waals surface area contributed by atoms with Crippen molar-refractivity contribution in [2.75, 3.05) is 5.84 Å². The molecule has 3 rings (SSSR count). The Morgan fingerprint density at radius 3 is 2.58 bits per heavy atom. The van der Waals surface area contributed by atoms with Gasteiger partial charge in [0.05, 0.1) is 10.9 Å². The molecule has 5 heteroatoms. The van der Waals surface area contributed by atoms with Crippen LogP contribution in [0.4, 0.5) is 0 Å². The van der Waals surface area contributed by atoms with Gasteiger partial charge in [0.1, 0.15) is 0 Å². The smallest absolute Gasteiger partial charge is 0.280 e. The lowest BCUT2D eigenvalue weighted by Gasteiger charge is -2.08. The predicted molar refractivity (Wildman–Crippen MR) is 79.3 cm³/mol. The van der Waals surface area contributed by atoms with E-state index in [4.69, 9.17) is 5.84 Å². The van der Waals surface area contributed by atoms with Crippen molar-refractivity contribution < 1.29 is 0 Å². The minimum atomic E-state index is -0.259. The average molecular weight is 316 g/mol. The molecule has 0 fully saturated rings. The van der Waals surface area contributed by atoms with Crippen molar-refractivity contribution in [3.05, 3.63) is 63.4 Å². The van der Waals surface area contributed by atoms with Crippen molar-refractivity contribution in [1.82, 2.24) is 9.66 Å². The van der Waals surface area contributed by atoms with E-state index in [1.165, 1.54) is 0 Å². The molecule has 94 valence electrons. The zero-order valence-corrected chi connectivity index (χ0v) is 11.5. The first kappa shape index (κ1) is 11.9. The van der Waals surface area contributed by atoms with Crippen LogP contribution in [0.15, 0.2) is 57.8 Å². The van der Waals surface area contributed by atoms with Crippen molar-refractivity contribution in [3.8, 4) is 11.4 Å². The number of nitrogen functional groups attached to an aromatic ring is 1. The van der Waals surface area contributed by atoms with E-state index in [1.807, 2.05) is 36.4 Å². The van der Waals surface area contributed by atoms with Gasteiger partial charge in [0.2, 0.25) is 0 Å². The third-order valence-corrected chi connectivity index (χ3v) is 3.39. The number of hydrogen-bond donors (Lipinski definition) is 1. The SMILES string of the molecule is Nn1c(-c2ccccc2)nc2ccc(Br)cc2c1=O. The number of hydrogen-bond acceptors (Lipinski definition) is 3. The van der Waals surface area contributed by atoms with Crippen LogP contribution >= 0.6 is 15.9 Å². The normalized spacial score (nSPS) is 10.8. The van der Waals surface area contributed by atoms with Gasteiger partial charge in [-0.25, -0.2) is 9.66 Å². The zero-order chi connectivity index (χ0) is 13.4. The molecule has 1 aromatic heterocycles. The number of halogens is 1. The van der Waals surface area contributed by atoms with E-state index in [9.17, 15) is 4.79 Å². The first-order valence-corrected chi connectivity index (χ1v) is 6.49. The van der Waals surface area contributed by atoms with Gasteiger partial charge < -0.3 is 5.84 Å². The highest BCUT2D eigenvalue weighted by Gasteiger charge is 2.10. The molecule has 0 aliphatic heterocycles. The lowest BCUT2D eigenvalue weighted by Crippen LogP contribution is -2.29. The Labute approximate surface area is 117 Å². The minimum Gasteiger partial charge on any atom is -0.334 e. The first-order valence-electron chi connectivity index (χ1n) is 5.69. The maximum atomic E-state index is 12.3. The van der Waals surface area contributed by atoms with Gasteiger partial charge in [-0.15, -0.1) is 0 Å². The highest BCUT2D eigenvalue weighted by atomic mass is 79.9. The summed E-state index contributed by atoms with van der Waals surface area (Å²) < 4.78 is 1.91. The summed E-state index contributed by atoms with van der Waals surface area (Å²) in [6, 6.07) is 14.8. The van der Waals surface area contributed by atoms with Crippen LogP contribution in [-0.2, 0) is 0 Å².